The first-order valence-corrected chi connectivity index (χ1v) is 29.9. The van der Waals surface area contributed by atoms with Crippen LogP contribution in [0.3, 0.4) is 0 Å². The standard InChI is InChI=1S/C62H50GeN4O.Pt/c1-62(2,3)48-32-33-64-60(36-48)67-56-25-13-12-22-54(56)55-30-29-51(38-58(55)67)68-50-21-14-20-49(37-50)65-41-66(57-31-28-45(35-59(57)65)44-26-27-46-39-63(4,5)40-47(46)34-44)61-52(42-16-8-6-9-17-42)23-15-24-53(61)43-18-10-7-11-19-43;/h6-36H,39-40H2,1-5H3;/q-2;/i6D,7D,8D,9D,10D,11D,16D,17D,18D,19D;. The molecule has 340 valence electrons. The summed E-state index contributed by atoms with van der Waals surface area (Å²) in [6.07, 6.45) is 5.37. The number of fused-ring (bicyclic) bond motifs is 5. The van der Waals surface area contributed by atoms with Gasteiger partial charge in [-0.1, -0.05) is 111 Å². The number of aromatic nitrogens is 4. The van der Waals surface area contributed by atoms with Crippen LogP contribution in [0.4, 0.5) is 0 Å². The van der Waals surface area contributed by atoms with E-state index in [0.29, 0.717) is 28.2 Å². The van der Waals surface area contributed by atoms with Gasteiger partial charge in [0, 0.05) is 38.5 Å². The topological polar surface area (TPSA) is 35.9 Å². The van der Waals surface area contributed by atoms with Gasteiger partial charge < -0.3 is 4.57 Å². The molecule has 5 nitrogen and oxygen atoms in total. The Bertz CT molecular complexity index is 4210. The van der Waals surface area contributed by atoms with Crippen LogP contribution in [0.1, 0.15) is 51.2 Å². The molecular formula is C62H50GeN4OPt-2. The van der Waals surface area contributed by atoms with Crippen molar-refractivity contribution >= 4 is 46.1 Å². The largest absolute Gasteiger partial charge is 0.0629 e. The number of hydrogen-bond acceptors (Lipinski definition) is 2. The average molecular weight is 1140 g/mol. The average Bonchev–Trinajstić information content (AvgIpc) is 4.33. The Labute approximate surface area is 435 Å². The van der Waals surface area contributed by atoms with Crippen LogP contribution in [0, 0.1) is 18.5 Å². The third-order valence-corrected chi connectivity index (χ3v) is 18.6. The SMILES string of the molecule is [2H]c1c([2H])c([2H])c(-c2cccc(-c3c([2H])c([2H])c([2H])c([2H])c3[2H])c2-[n+]2[c-]n(-c3[c-]c(Oc4[c-]c5c(cc4)c4ccccc4n5-c4cc(C(C)(C)C)ccn4)ccc3)c3cc(-c4ccc5c(c4)[CH2][Ge]([CH3])([CH3])[CH2]5)ccc32)c([2H])c1[2H].[Pt]. The molecule has 0 saturated heterocycles. The van der Waals surface area contributed by atoms with Crippen LogP contribution in [-0.4, -0.2) is 27.4 Å². The molecule has 0 unspecified atom stereocenters. The quantitative estimate of drug-likeness (QED) is 0.0863. The normalized spacial score (nSPS) is 15.2. The van der Waals surface area contributed by atoms with E-state index in [1.165, 1.54) is 16.4 Å². The predicted molar refractivity (Wildman–Crippen MR) is 280 cm³/mol. The zero-order chi connectivity index (χ0) is 54.9. The Morgan fingerprint density at radius 1 is 0.638 bits per heavy atom. The molecule has 0 amide bonds. The molecule has 3 aromatic heterocycles. The molecule has 0 aliphatic carbocycles. The van der Waals surface area contributed by atoms with Crippen LogP contribution < -0.4 is 9.30 Å². The molecule has 0 atom stereocenters. The first-order chi connectivity index (χ1) is 37.2. The molecule has 0 saturated carbocycles. The molecule has 0 spiro atoms. The van der Waals surface area contributed by atoms with Gasteiger partial charge in [0.1, 0.15) is 5.82 Å². The van der Waals surface area contributed by atoms with Gasteiger partial charge in [-0.3, -0.25) is 0 Å². The van der Waals surface area contributed by atoms with Gasteiger partial charge in [0.15, 0.2) is 0 Å². The number of ether oxygens (including phenoxy) is 1. The minimum atomic E-state index is -1.99. The summed E-state index contributed by atoms with van der Waals surface area (Å²) in [7, 11) is 0. The van der Waals surface area contributed by atoms with Gasteiger partial charge in [0.05, 0.1) is 13.7 Å². The van der Waals surface area contributed by atoms with E-state index < -0.39 is 73.7 Å². The number of pyridine rings is 1. The first-order valence-electron chi connectivity index (χ1n) is 27.7. The number of rotatable bonds is 8. The van der Waals surface area contributed by atoms with Crippen molar-refractivity contribution in [2.24, 2.45) is 0 Å². The van der Waals surface area contributed by atoms with Crippen LogP contribution in [0.15, 0.2) is 188 Å². The second-order valence-corrected chi connectivity index (χ2v) is 29.8. The summed E-state index contributed by atoms with van der Waals surface area (Å²) in [6, 6.07) is 41.1. The number of nitrogens with zero attached hydrogens (tertiary/aromatic N) is 4. The Kier molecular flexibility index (Phi) is 8.81. The van der Waals surface area contributed by atoms with Crippen LogP contribution in [-0.2, 0) is 37.0 Å². The Morgan fingerprint density at radius 2 is 1.32 bits per heavy atom. The van der Waals surface area contributed by atoms with E-state index in [9.17, 15) is 5.48 Å². The second-order valence-electron chi connectivity index (χ2n) is 19.3. The third kappa shape index (κ3) is 8.26. The van der Waals surface area contributed by atoms with Crippen LogP contribution in [0.2, 0.25) is 11.5 Å². The van der Waals surface area contributed by atoms with Crippen molar-refractivity contribution in [1.29, 1.82) is 0 Å². The van der Waals surface area contributed by atoms with Crippen molar-refractivity contribution in [3.63, 3.8) is 0 Å². The van der Waals surface area contributed by atoms with Crippen molar-refractivity contribution in [2.45, 2.75) is 48.2 Å². The van der Waals surface area contributed by atoms with E-state index in [2.05, 4.69) is 91.7 Å². The number of hydrogen-bond donors (Lipinski definition) is 0. The molecular weight excluding hydrogens is 1080 g/mol. The molecule has 12 rings (SSSR count). The van der Waals surface area contributed by atoms with E-state index in [4.69, 9.17) is 17.9 Å². The summed E-state index contributed by atoms with van der Waals surface area (Å²) in [5, 5.41) is 4.32. The smallest absolute Gasteiger partial charge is 0.0617 e. The maximum Gasteiger partial charge on any atom is 0.0629 e. The van der Waals surface area contributed by atoms with Crippen molar-refractivity contribution in [3.8, 4) is 62.1 Å². The van der Waals surface area contributed by atoms with Crippen molar-refractivity contribution < 1.29 is 44.1 Å². The van der Waals surface area contributed by atoms with E-state index >= 15 is 0 Å². The van der Waals surface area contributed by atoms with Crippen molar-refractivity contribution in [1.82, 2.24) is 14.1 Å². The Hall–Kier alpha value is -6.79. The second kappa shape index (κ2) is 17.6. The third-order valence-electron chi connectivity index (χ3n) is 12.9. The molecule has 11 aromatic rings. The van der Waals surface area contributed by atoms with E-state index in [-0.39, 0.29) is 54.4 Å². The van der Waals surface area contributed by atoms with Gasteiger partial charge in [-0.25, -0.2) is 4.98 Å². The Morgan fingerprint density at radius 3 is 2.07 bits per heavy atom. The summed E-state index contributed by atoms with van der Waals surface area (Å²) in [5.41, 5.74) is 9.37. The summed E-state index contributed by atoms with van der Waals surface area (Å²) < 4.78 is 101. The van der Waals surface area contributed by atoms with E-state index in [1.54, 1.807) is 33.4 Å². The molecule has 0 radical (unpaired) electrons. The predicted octanol–water partition coefficient (Wildman–Crippen LogP) is 14.8. The molecule has 0 fully saturated rings. The zero-order valence-electron chi connectivity index (χ0n) is 48.6. The number of para-hydroxylation sites is 2. The molecule has 1 aliphatic rings. The van der Waals surface area contributed by atoms with Gasteiger partial charge in [-0.15, -0.1) is 17.5 Å². The fourth-order valence-corrected chi connectivity index (χ4v) is 15.8. The summed E-state index contributed by atoms with van der Waals surface area (Å²) in [4.78, 5) is 4.84. The van der Waals surface area contributed by atoms with Crippen LogP contribution in [0.5, 0.6) is 11.5 Å². The maximum absolute atomic E-state index is 9.19. The van der Waals surface area contributed by atoms with Gasteiger partial charge in [0.2, 0.25) is 0 Å². The van der Waals surface area contributed by atoms with Gasteiger partial charge in [0.25, 0.3) is 0 Å². The minimum Gasteiger partial charge on any atom is -0.0617 e. The summed E-state index contributed by atoms with van der Waals surface area (Å²) in [5.74, 6) is 6.48. The van der Waals surface area contributed by atoms with E-state index in [1.807, 2.05) is 66.9 Å². The summed E-state index contributed by atoms with van der Waals surface area (Å²) in [6.45, 7) is 6.53. The Balaban J connectivity index is 0.00000660. The van der Waals surface area contributed by atoms with Crippen LogP contribution in [0.25, 0.3) is 83.4 Å². The molecule has 0 bridgehead atoms. The van der Waals surface area contributed by atoms with Crippen LogP contribution >= 0.6 is 0 Å². The molecule has 1 aliphatic heterocycles. The molecule has 7 heteroatoms. The van der Waals surface area contributed by atoms with Gasteiger partial charge >= 0.3 is 201 Å². The fourth-order valence-electron chi connectivity index (χ4n) is 9.75. The molecule has 4 heterocycles. The van der Waals surface area contributed by atoms with Gasteiger partial charge in [-0.05, 0) is 34.6 Å². The summed E-state index contributed by atoms with van der Waals surface area (Å²) >= 11 is -1.99. The minimum absolute atomic E-state index is 0. The fraction of sp³-hybridized carbons (Fsp3) is 0.129. The van der Waals surface area contributed by atoms with E-state index in [0.717, 1.165) is 49.6 Å². The van der Waals surface area contributed by atoms with Crippen molar-refractivity contribution in [3.05, 3.63) is 223 Å². The molecule has 8 aromatic carbocycles. The number of imidazole rings is 1. The van der Waals surface area contributed by atoms with Crippen molar-refractivity contribution in [2.75, 3.05) is 0 Å². The zero-order valence-corrected chi connectivity index (χ0v) is 42.9. The maximum atomic E-state index is 9.19. The number of benzene rings is 8. The molecule has 0 N–H and O–H groups in total. The monoisotopic (exact) mass is 1150 g/mol. The molecule has 69 heavy (non-hydrogen) atoms. The first kappa shape index (κ1) is 34.5. The van der Waals surface area contributed by atoms with Gasteiger partial charge in [-0.2, -0.15) is 6.07 Å².